The van der Waals surface area contributed by atoms with Crippen molar-refractivity contribution in [3.05, 3.63) is 28.7 Å². The molecule has 0 aliphatic carbocycles. The first-order valence-electron chi connectivity index (χ1n) is 5.95. The minimum absolute atomic E-state index is 0.178. The summed E-state index contributed by atoms with van der Waals surface area (Å²) in [5, 5.41) is 10.5. The number of hydrogen-bond donors (Lipinski definition) is 3. The Balaban J connectivity index is 1.97. The van der Waals surface area contributed by atoms with Gasteiger partial charge in [0, 0.05) is 7.05 Å². The SMILES string of the molecule is CNc1nc(NC(C)c2ccsc2)c2[nH]cnc2n1. The molecular formula is C12H14N6S. The van der Waals surface area contributed by atoms with Gasteiger partial charge >= 0.3 is 0 Å². The maximum Gasteiger partial charge on any atom is 0.226 e. The van der Waals surface area contributed by atoms with Crippen LogP contribution >= 0.6 is 11.3 Å². The molecule has 0 amide bonds. The molecule has 0 aromatic carbocycles. The zero-order valence-electron chi connectivity index (χ0n) is 10.6. The highest BCUT2D eigenvalue weighted by Crippen LogP contribution is 2.24. The molecule has 0 spiro atoms. The Morgan fingerprint density at radius 3 is 3.00 bits per heavy atom. The van der Waals surface area contributed by atoms with Gasteiger partial charge in [0.05, 0.1) is 12.4 Å². The number of nitrogens with one attached hydrogen (secondary N) is 3. The molecule has 6 nitrogen and oxygen atoms in total. The van der Waals surface area contributed by atoms with Crippen LogP contribution in [0.3, 0.4) is 0 Å². The van der Waals surface area contributed by atoms with Crippen molar-refractivity contribution < 1.29 is 0 Å². The highest BCUT2D eigenvalue weighted by molar-refractivity contribution is 7.07. The van der Waals surface area contributed by atoms with Crippen LogP contribution < -0.4 is 10.6 Å². The minimum Gasteiger partial charge on any atom is -0.362 e. The van der Waals surface area contributed by atoms with Gasteiger partial charge in [-0.15, -0.1) is 0 Å². The van der Waals surface area contributed by atoms with E-state index in [2.05, 4.69) is 54.3 Å². The summed E-state index contributed by atoms with van der Waals surface area (Å²) in [4.78, 5) is 16.0. The molecule has 0 fully saturated rings. The van der Waals surface area contributed by atoms with Gasteiger partial charge in [-0.2, -0.15) is 21.3 Å². The lowest BCUT2D eigenvalue weighted by Crippen LogP contribution is -2.09. The fraction of sp³-hybridized carbons (Fsp3) is 0.250. The predicted octanol–water partition coefficient (Wildman–Crippen LogP) is 2.63. The Labute approximate surface area is 114 Å². The third-order valence-electron chi connectivity index (χ3n) is 2.91. The molecule has 3 rings (SSSR count). The van der Waals surface area contributed by atoms with Crippen LogP contribution in [0.1, 0.15) is 18.5 Å². The van der Waals surface area contributed by atoms with E-state index in [1.165, 1.54) is 5.56 Å². The van der Waals surface area contributed by atoms with Crippen molar-refractivity contribution in [3.63, 3.8) is 0 Å². The van der Waals surface area contributed by atoms with Gasteiger partial charge in [0.15, 0.2) is 11.5 Å². The van der Waals surface area contributed by atoms with Crippen LogP contribution in [-0.4, -0.2) is 27.0 Å². The standard InChI is InChI=1S/C12H14N6S/c1-7(8-3-4-19-5-8)16-11-9-10(15-6-14-9)17-12(13-2)18-11/h3-7H,1-2H3,(H3,13,14,15,16,17,18). The first-order valence-corrected chi connectivity index (χ1v) is 6.89. The number of aromatic amines is 1. The third-order valence-corrected chi connectivity index (χ3v) is 3.61. The lowest BCUT2D eigenvalue weighted by Gasteiger charge is -2.14. The van der Waals surface area contributed by atoms with E-state index >= 15 is 0 Å². The molecule has 3 aromatic heterocycles. The Bertz CT molecular complexity index is 675. The fourth-order valence-corrected chi connectivity index (χ4v) is 2.61. The number of H-pyrrole nitrogens is 1. The molecule has 0 bridgehead atoms. The number of hydrogen-bond acceptors (Lipinski definition) is 6. The average Bonchev–Trinajstić information content (AvgIpc) is 3.09. The molecule has 1 atom stereocenters. The number of imidazole rings is 1. The van der Waals surface area contributed by atoms with E-state index < -0.39 is 0 Å². The summed E-state index contributed by atoms with van der Waals surface area (Å²) in [5.74, 6) is 1.31. The molecule has 0 radical (unpaired) electrons. The first kappa shape index (κ1) is 11.9. The number of aromatic nitrogens is 4. The second kappa shape index (κ2) is 4.85. The van der Waals surface area contributed by atoms with Crippen molar-refractivity contribution in [2.24, 2.45) is 0 Å². The van der Waals surface area contributed by atoms with E-state index in [9.17, 15) is 0 Å². The molecule has 0 saturated heterocycles. The second-order valence-corrected chi connectivity index (χ2v) is 4.95. The van der Waals surface area contributed by atoms with E-state index in [0.29, 0.717) is 11.6 Å². The summed E-state index contributed by atoms with van der Waals surface area (Å²) < 4.78 is 0. The molecule has 7 heteroatoms. The molecule has 1 unspecified atom stereocenters. The summed E-state index contributed by atoms with van der Waals surface area (Å²) in [6.45, 7) is 2.10. The molecule has 19 heavy (non-hydrogen) atoms. The average molecular weight is 274 g/mol. The van der Waals surface area contributed by atoms with Gasteiger partial charge in [-0.1, -0.05) is 0 Å². The Morgan fingerprint density at radius 1 is 1.37 bits per heavy atom. The molecule has 3 N–H and O–H groups in total. The van der Waals surface area contributed by atoms with Crippen molar-refractivity contribution in [1.29, 1.82) is 0 Å². The van der Waals surface area contributed by atoms with Gasteiger partial charge in [-0.05, 0) is 29.3 Å². The van der Waals surface area contributed by atoms with Crippen molar-refractivity contribution >= 4 is 34.3 Å². The van der Waals surface area contributed by atoms with E-state index in [4.69, 9.17) is 0 Å². The van der Waals surface area contributed by atoms with Crippen LogP contribution in [0.15, 0.2) is 23.2 Å². The Morgan fingerprint density at radius 2 is 2.26 bits per heavy atom. The van der Waals surface area contributed by atoms with Crippen molar-refractivity contribution in [1.82, 2.24) is 19.9 Å². The largest absolute Gasteiger partial charge is 0.362 e. The number of rotatable bonds is 4. The fourth-order valence-electron chi connectivity index (χ4n) is 1.86. The van der Waals surface area contributed by atoms with Gasteiger partial charge in [-0.25, -0.2) is 4.98 Å². The molecular weight excluding hydrogens is 260 g/mol. The Kier molecular flexibility index (Phi) is 3.04. The van der Waals surface area contributed by atoms with Crippen LogP contribution in [0.4, 0.5) is 11.8 Å². The molecule has 98 valence electrons. The second-order valence-electron chi connectivity index (χ2n) is 4.17. The van der Waals surface area contributed by atoms with E-state index in [0.717, 1.165) is 11.3 Å². The zero-order chi connectivity index (χ0) is 13.2. The van der Waals surface area contributed by atoms with Crippen molar-refractivity contribution in [2.45, 2.75) is 13.0 Å². The van der Waals surface area contributed by atoms with Crippen molar-refractivity contribution in [2.75, 3.05) is 17.7 Å². The maximum atomic E-state index is 4.44. The molecule has 3 heterocycles. The zero-order valence-corrected chi connectivity index (χ0v) is 11.5. The minimum atomic E-state index is 0.178. The van der Waals surface area contributed by atoms with E-state index in [-0.39, 0.29) is 6.04 Å². The lowest BCUT2D eigenvalue weighted by atomic mass is 10.2. The monoisotopic (exact) mass is 274 g/mol. The molecule has 3 aromatic rings. The number of nitrogens with zero attached hydrogens (tertiary/aromatic N) is 3. The summed E-state index contributed by atoms with van der Waals surface area (Å²) in [5.41, 5.74) is 2.71. The van der Waals surface area contributed by atoms with Gasteiger partial charge in [0.2, 0.25) is 5.95 Å². The first-order chi connectivity index (χ1) is 9.28. The van der Waals surface area contributed by atoms with Crippen LogP contribution in [0, 0.1) is 0 Å². The highest BCUT2D eigenvalue weighted by Gasteiger charge is 2.12. The summed E-state index contributed by atoms with van der Waals surface area (Å²) >= 11 is 1.69. The number of anilines is 2. The lowest BCUT2D eigenvalue weighted by molar-refractivity contribution is 0.881. The summed E-state index contributed by atoms with van der Waals surface area (Å²) in [7, 11) is 1.79. The van der Waals surface area contributed by atoms with Crippen LogP contribution in [0.2, 0.25) is 0 Å². The quantitative estimate of drug-likeness (QED) is 0.681. The van der Waals surface area contributed by atoms with Crippen LogP contribution in [0.25, 0.3) is 11.2 Å². The Hall–Kier alpha value is -2.15. The summed E-state index contributed by atoms with van der Waals surface area (Å²) in [6, 6.07) is 2.28. The topological polar surface area (TPSA) is 78.5 Å². The molecule has 0 saturated carbocycles. The van der Waals surface area contributed by atoms with E-state index in [1.54, 1.807) is 24.7 Å². The number of thiophene rings is 1. The third kappa shape index (κ3) is 2.24. The van der Waals surface area contributed by atoms with Crippen LogP contribution in [-0.2, 0) is 0 Å². The van der Waals surface area contributed by atoms with Gasteiger partial charge in [0.25, 0.3) is 0 Å². The number of fused-ring (bicyclic) bond motifs is 1. The van der Waals surface area contributed by atoms with Gasteiger partial charge < -0.3 is 15.6 Å². The summed E-state index contributed by atoms with van der Waals surface area (Å²) in [6.07, 6.45) is 1.62. The highest BCUT2D eigenvalue weighted by atomic mass is 32.1. The van der Waals surface area contributed by atoms with Gasteiger partial charge in [-0.3, -0.25) is 0 Å². The maximum absolute atomic E-state index is 4.44. The smallest absolute Gasteiger partial charge is 0.226 e. The van der Waals surface area contributed by atoms with E-state index in [1.807, 2.05) is 0 Å². The van der Waals surface area contributed by atoms with Crippen molar-refractivity contribution in [3.8, 4) is 0 Å². The molecule has 0 aliphatic rings. The van der Waals surface area contributed by atoms with Gasteiger partial charge in [0.1, 0.15) is 5.52 Å². The molecule has 0 aliphatic heterocycles. The van der Waals surface area contributed by atoms with Crippen LogP contribution in [0.5, 0.6) is 0 Å². The predicted molar refractivity (Wildman–Crippen MR) is 77.6 cm³/mol. The normalized spacial score (nSPS) is 12.5.